The number of carbonyl (C=O) groups is 1. The third-order valence-electron chi connectivity index (χ3n) is 4.43. The summed E-state index contributed by atoms with van der Waals surface area (Å²) in [5, 5.41) is 4.45. The third kappa shape index (κ3) is 3.64. The summed E-state index contributed by atoms with van der Waals surface area (Å²) in [7, 11) is 3.98. The molecule has 1 aromatic carbocycles. The zero-order valence-corrected chi connectivity index (χ0v) is 14.1. The zero-order valence-electron chi connectivity index (χ0n) is 14.1. The lowest BCUT2D eigenvalue weighted by molar-refractivity contribution is -0.117. The first kappa shape index (κ1) is 15.8. The van der Waals surface area contributed by atoms with E-state index in [-0.39, 0.29) is 11.9 Å². The van der Waals surface area contributed by atoms with Gasteiger partial charge in [0.05, 0.1) is 0 Å². The Balaban J connectivity index is 1.70. The first-order chi connectivity index (χ1) is 11.0. The Hall–Kier alpha value is -2.07. The van der Waals surface area contributed by atoms with E-state index in [0.29, 0.717) is 0 Å². The van der Waals surface area contributed by atoms with Crippen LogP contribution in [0.2, 0.25) is 0 Å². The number of nitrogens with zero attached hydrogens (tertiary/aromatic N) is 1. The van der Waals surface area contributed by atoms with Crippen molar-refractivity contribution in [2.75, 3.05) is 20.6 Å². The van der Waals surface area contributed by atoms with Crippen LogP contribution in [0.5, 0.6) is 0 Å². The molecule has 4 nitrogen and oxygen atoms in total. The second-order valence-electron chi connectivity index (χ2n) is 6.74. The van der Waals surface area contributed by atoms with Crippen LogP contribution in [-0.4, -0.2) is 42.5 Å². The van der Waals surface area contributed by atoms with Gasteiger partial charge in [0.15, 0.2) is 0 Å². The Bertz CT molecular complexity index is 742. The maximum atomic E-state index is 12.0. The van der Waals surface area contributed by atoms with Crippen LogP contribution in [0.1, 0.15) is 23.2 Å². The fourth-order valence-corrected chi connectivity index (χ4v) is 3.27. The number of carbonyl (C=O) groups excluding carboxylic acids is 1. The van der Waals surface area contributed by atoms with Crippen molar-refractivity contribution in [3.63, 3.8) is 0 Å². The van der Waals surface area contributed by atoms with Crippen LogP contribution < -0.4 is 5.32 Å². The third-order valence-corrected chi connectivity index (χ3v) is 4.43. The molecule has 0 fully saturated rings. The standard InChI is InChI=1S/C19H25N3O/c1-13-6-8-17-15(11-13)16-12-14(7-9-18(16)21-17)20-19(23)5-4-10-22(2)3/h4-6,8,11,14,21H,7,9-10,12H2,1-3H3,(H,20,23)/b5-4+. The van der Waals surface area contributed by atoms with Crippen molar-refractivity contribution in [2.45, 2.75) is 32.2 Å². The fraction of sp³-hybridized carbons (Fsp3) is 0.421. The van der Waals surface area contributed by atoms with Crippen LogP contribution >= 0.6 is 0 Å². The Morgan fingerprint density at radius 2 is 2.26 bits per heavy atom. The highest BCUT2D eigenvalue weighted by Crippen LogP contribution is 2.29. The summed E-state index contributed by atoms with van der Waals surface area (Å²) in [5.41, 5.74) is 5.19. The monoisotopic (exact) mass is 311 g/mol. The lowest BCUT2D eigenvalue weighted by atomic mass is 9.91. The summed E-state index contributed by atoms with van der Waals surface area (Å²) in [4.78, 5) is 17.6. The second kappa shape index (κ2) is 6.59. The number of aryl methyl sites for hydroxylation is 2. The van der Waals surface area contributed by atoms with Crippen LogP contribution in [-0.2, 0) is 17.6 Å². The van der Waals surface area contributed by atoms with Gasteiger partial charge in [-0.15, -0.1) is 0 Å². The lowest BCUT2D eigenvalue weighted by Crippen LogP contribution is -2.37. The molecular formula is C19H25N3O. The molecule has 1 amide bonds. The molecule has 0 saturated heterocycles. The quantitative estimate of drug-likeness (QED) is 0.853. The summed E-state index contributed by atoms with van der Waals surface area (Å²) in [6.45, 7) is 2.90. The van der Waals surface area contributed by atoms with E-state index in [9.17, 15) is 4.79 Å². The number of H-pyrrole nitrogens is 1. The number of amides is 1. The highest BCUT2D eigenvalue weighted by atomic mass is 16.1. The number of hydrogen-bond acceptors (Lipinski definition) is 2. The Kier molecular flexibility index (Phi) is 4.53. The van der Waals surface area contributed by atoms with Gasteiger partial charge in [0, 0.05) is 35.3 Å². The van der Waals surface area contributed by atoms with E-state index in [1.807, 2.05) is 25.1 Å². The molecule has 1 aliphatic carbocycles. The predicted molar refractivity (Wildman–Crippen MR) is 94.7 cm³/mol. The number of rotatable bonds is 4. The number of nitrogens with one attached hydrogen (secondary N) is 2. The van der Waals surface area contributed by atoms with Crippen molar-refractivity contribution < 1.29 is 4.79 Å². The topological polar surface area (TPSA) is 48.1 Å². The SMILES string of the molecule is Cc1ccc2[nH]c3c(c2c1)CC(NC(=O)/C=C/CN(C)C)CC3. The van der Waals surface area contributed by atoms with Gasteiger partial charge in [-0.05, 0) is 58.0 Å². The maximum Gasteiger partial charge on any atom is 0.243 e. The molecular weight excluding hydrogens is 286 g/mol. The molecule has 3 rings (SSSR count). The van der Waals surface area contributed by atoms with Crippen molar-refractivity contribution in [2.24, 2.45) is 0 Å². The van der Waals surface area contributed by atoms with E-state index in [1.54, 1.807) is 6.08 Å². The van der Waals surface area contributed by atoms with Gasteiger partial charge in [-0.2, -0.15) is 0 Å². The van der Waals surface area contributed by atoms with Crippen molar-refractivity contribution >= 4 is 16.8 Å². The van der Waals surface area contributed by atoms with Gasteiger partial charge in [0.2, 0.25) is 5.91 Å². The highest BCUT2D eigenvalue weighted by molar-refractivity contribution is 5.88. The largest absolute Gasteiger partial charge is 0.358 e. The molecule has 2 aromatic rings. The van der Waals surface area contributed by atoms with Crippen molar-refractivity contribution in [1.82, 2.24) is 15.2 Å². The van der Waals surface area contributed by atoms with Crippen LogP contribution in [0.15, 0.2) is 30.4 Å². The number of fused-ring (bicyclic) bond motifs is 3. The molecule has 1 aliphatic rings. The van der Waals surface area contributed by atoms with E-state index in [0.717, 1.165) is 25.8 Å². The minimum absolute atomic E-state index is 0.0105. The number of aromatic nitrogens is 1. The molecule has 1 heterocycles. The average Bonchev–Trinajstić information content (AvgIpc) is 2.84. The normalized spacial score (nSPS) is 17.8. The molecule has 122 valence electrons. The first-order valence-electron chi connectivity index (χ1n) is 8.25. The minimum Gasteiger partial charge on any atom is -0.358 e. The van der Waals surface area contributed by atoms with Gasteiger partial charge < -0.3 is 15.2 Å². The summed E-state index contributed by atoms with van der Waals surface area (Å²) < 4.78 is 0. The molecule has 0 aliphatic heterocycles. The van der Waals surface area contributed by atoms with Crippen molar-refractivity contribution in [3.8, 4) is 0 Å². The summed E-state index contributed by atoms with van der Waals surface area (Å²) >= 11 is 0. The van der Waals surface area contributed by atoms with E-state index in [4.69, 9.17) is 0 Å². The van der Waals surface area contributed by atoms with Crippen LogP contribution in [0.4, 0.5) is 0 Å². The molecule has 1 atom stereocenters. The second-order valence-corrected chi connectivity index (χ2v) is 6.74. The molecule has 0 radical (unpaired) electrons. The number of aromatic amines is 1. The van der Waals surface area contributed by atoms with E-state index in [2.05, 4.69) is 35.4 Å². The Morgan fingerprint density at radius 3 is 3.04 bits per heavy atom. The first-order valence-corrected chi connectivity index (χ1v) is 8.25. The number of benzene rings is 1. The smallest absolute Gasteiger partial charge is 0.243 e. The summed E-state index contributed by atoms with van der Waals surface area (Å²) in [5.74, 6) is 0.0105. The average molecular weight is 311 g/mol. The molecule has 1 unspecified atom stereocenters. The van der Waals surface area contributed by atoms with Gasteiger partial charge >= 0.3 is 0 Å². The van der Waals surface area contributed by atoms with Gasteiger partial charge in [0.1, 0.15) is 0 Å². The highest BCUT2D eigenvalue weighted by Gasteiger charge is 2.23. The Morgan fingerprint density at radius 1 is 1.43 bits per heavy atom. The predicted octanol–water partition coefficient (Wildman–Crippen LogP) is 2.57. The molecule has 2 N–H and O–H groups in total. The molecule has 0 saturated carbocycles. The van der Waals surface area contributed by atoms with Gasteiger partial charge in [-0.25, -0.2) is 0 Å². The summed E-state index contributed by atoms with van der Waals surface area (Å²) in [6, 6.07) is 6.75. The van der Waals surface area contributed by atoms with Gasteiger partial charge in [-0.1, -0.05) is 17.7 Å². The van der Waals surface area contributed by atoms with E-state index < -0.39 is 0 Å². The van der Waals surface area contributed by atoms with E-state index >= 15 is 0 Å². The van der Waals surface area contributed by atoms with Gasteiger partial charge in [-0.3, -0.25) is 4.79 Å². The van der Waals surface area contributed by atoms with Gasteiger partial charge in [0.25, 0.3) is 0 Å². The fourth-order valence-electron chi connectivity index (χ4n) is 3.27. The lowest BCUT2D eigenvalue weighted by Gasteiger charge is -2.23. The maximum absolute atomic E-state index is 12.0. The molecule has 0 spiro atoms. The Labute approximate surface area is 137 Å². The van der Waals surface area contributed by atoms with Crippen LogP contribution in [0.3, 0.4) is 0 Å². The minimum atomic E-state index is 0.0105. The molecule has 0 bridgehead atoms. The summed E-state index contributed by atoms with van der Waals surface area (Å²) in [6.07, 6.45) is 6.45. The number of hydrogen-bond donors (Lipinski definition) is 2. The van der Waals surface area contributed by atoms with E-state index in [1.165, 1.54) is 27.7 Å². The molecule has 1 aromatic heterocycles. The molecule has 4 heteroatoms. The molecule has 23 heavy (non-hydrogen) atoms. The number of likely N-dealkylation sites (N-methyl/N-ethyl adjacent to an activating group) is 1. The zero-order chi connectivity index (χ0) is 16.4. The van der Waals surface area contributed by atoms with Crippen molar-refractivity contribution in [1.29, 1.82) is 0 Å². The van der Waals surface area contributed by atoms with Crippen molar-refractivity contribution in [3.05, 3.63) is 47.2 Å². The van der Waals surface area contributed by atoms with Crippen LogP contribution in [0.25, 0.3) is 10.9 Å². The van der Waals surface area contributed by atoms with Crippen LogP contribution in [0, 0.1) is 6.92 Å².